The lowest BCUT2D eigenvalue weighted by atomic mass is 10.1. The number of sulfonamides is 1. The molecule has 1 unspecified atom stereocenters. The standard InChI is InChI=1S/C19H20N2O2S/c1-14-7-9-17(10-8-14)24(22,23)21-13-16(21)11-15-12-20(2)19-6-4-3-5-18(15)19/h3-10,12,16H,11,13H2,1-2H3/t16-,21?/m0/s1. The van der Waals surface area contributed by atoms with Gasteiger partial charge in [-0.1, -0.05) is 35.9 Å². The van der Waals surface area contributed by atoms with Gasteiger partial charge in [-0.3, -0.25) is 0 Å². The number of aromatic nitrogens is 1. The van der Waals surface area contributed by atoms with Gasteiger partial charge in [-0.15, -0.1) is 0 Å². The Labute approximate surface area is 142 Å². The van der Waals surface area contributed by atoms with Crippen LogP contribution in [0.2, 0.25) is 0 Å². The molecule has 0 radical (unpaired) electrons. The van der Waals surface area contributed by atoms with Crippen molar-refractivity contribution in [3.8, 4) is 0 Å². The van der Waals surface area contributed by atoms with Gasteiger partial charge in [0.25, 0.3) is 0 Å². The smallest absolute Gasteiger partial charge is 0.243 e. The Balaban J connectivity index is 1.57. The second-order valence-electron chi connectivity index (χ2n) is 6.53. The lowest BCUT2D eigenvalue weighted by Crippen LogP contribution is -2.15. The summed E-state index contributed by atoms with van der Waals surface area (Å²) in [6.45, 7) is 2.55. The molecule has 2 atom stereocenters. The predicted octanol–water partition coefficient (Wildman–Crippen LogP) is 3.10. The molecule has 0 saturated carbocycles. The first-order valence-electron chi connectivity index (χ1n) is 8.08. The molecule has 3 aromatic rings. The third-order valence-electron chi connectivity index (χ3n) is 4.73. The Hall–Kier alpha value is -2.11. The minimum atomic E-state index is -3.37. The average Bonchev–Trinajstić information content (AvgIpc) is 3.28. The molecule has 124 valence electrons. The second kappa shape index (κ2) is 5.46. The molecule has 2 heterocycles. The molecule has 1 aliphatic heterocycles. The fourth-order valence-electron chi connectivity index (χ4n) is 3.31. The summed E-state index contributed by atoms with van der Waals surface area (Å²) in [5, 5.41) is 1.21. The van der Waals surface area contributed by atoms with Gasteiger partial charge in [0.2, 0.25) is 10.0 Å². The summed E-state index contributed by atoms with van der Waals surface area (Å²) < 4.78 is 29.1. The molecule has 0 spiro atoms. The Morgan fingerprint density at radius 1 is 1.08 bits per heavy atom. The Morgan fingerprint density at radius 2 is 1.79 bits per heavy atom. The third-order valence-corrected chi connectivity index (χ3v) is 6.66. The first-order valence-corrected chi connectivity index (χ1v) is 9.52. The highest BCUT2D eigenvalue weighted by Crippen LogP contribution is 2.32. The Morgan fingerprint density at radius 3 is 2.54 bits per heavy atom. The zero-order chi connectivity index (χ0) is 16.9. The first-order chi connectivity index (χ1) is 11.5. The number of aryl methyl sites for hydroxylation is 2. The molecule has 24 heavy (non-hydrogen) atoms. The molecule has 1 fully saturated rings. The Bertz CT molecular complexity index is 1000. The summed E-state index contributed by atoms with van der Waals surface area (Å²) >= 11 is 0. The molecular formula is C19H20N2O2S. The highest BCUT2D eigenvalue weighted by Gasteiger charge is 2.44. The van der Waals surface area contributed by atoms with E-state index in [0.717, 1.165) is 12.0 Å². The van der Waals surface area contributed by atoms with Crippen molar-refractivity contribution in [3.05, 3.63) is 65.9 Å². The number of benzene rings is 2. The average molecular weight is 340 g/mol. The number of hydrogen-bond donors (Lipinski definition) is 0. The maximum atomic E-state index is 12.7. The van der Waals surface area contributed by atoms with Crippen molar-refractivity contribution < 1.29 is 8.42 Å². The molecule has 0 aliphatic carbocycles. The number of fused-ring (bicyclic) bond motifs is 1. The van der Waals surface area contributed by atoms with Crippen molar-refractivity contribution in [2.75, 3.05) is 6.54 Å². The molecule has 1 aliphatic rings. The van der Waals surface area contributed by atoms with Crippen LogP contribution >= 0.6 is 0 Å². The molecule has 1 aromatic heterocycles. The van der Waals surface area contributed by atoms with E-state index in [0.29, 0.717) is 11.4 Å². The molecule has 4 nitrogen and oxygen atoms in total. The van der Waals surface area contributed by atoms with Crippen LogP contribution in [0.3, 0.4) is 0 Å². The number of hydrogen-bond acceptors (Lipinski definition) is 2. The zero-order valence-corrected chi connectivity index (χ0v) is 14.6. The van der Waals surface area contributed by atoms with Crippen LogP contribution in [-0.4, -0.2) is 29.9 Å². The third kappa shape index (κ3) is 2.54. The van der Waals surface area contributed by atoms with Crippen LogP contribution in [-0.2, 0) is 23.5 Å². The van der Waals surface area contributed by atoms with E-state index >= 15 is 0 Å². The van der Waals surface area contributed by atoms with Gasteiger partial charge in [0, 0.05) is 36.7 Å². The van der Waals surface area contributed by atoms with Crippen LogP contribution in [0.4, 0.5) is 0 Å². The van der Waals surface area contributed by atoms with Crippen LogP contribution in [0.5, 0.6) is 0 Å². The van der Waals surface area contributed by atoms with Crippen LogP contribution in [0.1, 0.15) is 11.1 Å². The van der Waals surface area contributed by atoms with Gasteiger partial charge < -0.3 is 4.57 Å². The van der Waals surface area contributed by atoms with Crippen molar-refractivity contribution in [3.63, 3.8) is 0 Å². The molecule has 2 aromatic carbocycles. The van der Waals surface area contributed by atoms with E-state index in [2.05, 4.69) is 22.9 Å². The van der Waals surface area contributed by atoms with Crippen LogP contribution < -0.4 is 0 Å². The molecule has 0 N–H and O–H groups in total. The first kappa shape index (κ1) is 15.4. The largest absolute Gasteiger partial charge is 0.350 e. The fraction of sp³-hybridized carbons (Fsp3) is 0.263. The van der Waals surface area contributed by atoms with Crippen molar-refractivity contribution in [1.29, 1.82) is 0 Å². The molecule has 0 amide bonds. The van der Waals surface area contributed by atoms with E-state index in [4.69, 9.17) is 0 Å². The van der Waals surface area contributed by atoms with E-state index in [1.54, 1.807) is 16.4 Å². The number of nitrogens with zero attached hydrogens (tertiary/aromatic N) is 2. The lowest BCUT2D eigenvalue weighted by molar-refractivity contribution is 0.551. The Kier molecular flexibility index (Phi) is 3.51. The number of rotatable bonds is 4. The summed E-state index contributed by atoms with van der Waals surface area (Å²) in [6, 6.07) is 15.4. The molecular weight excluding hydrogens is 320 g/mol. The van der Waals surface area contributed by atoms with Gasteiger partial charge in [0.1, 0.15) is 0 Å². The zero-order valence-electron chi connectivity index (χ0n) is 13.8. The summed E-state index contributed by atoms with van der Waals surface area (Å²) in [5.74, 6) is 0. The summed E-state index contributed by atoms with van der Waals surface area (Å²) in [7, 11) is -1.34. The van der Waals surface area contributed by atoms with Crippen LogP contribution in [0, 0.1) is 6.92 Å². The summed E-state index contributed by atoms with van der Waals surface area (Å²) in [5.41, 5.74) is 3.45. The molecule has 0 bridgehead atoms. The minimum absolute atomic E-state index is 0.0575. The van der Waals surface area contributed by atoms with Crippen LogP contribution in [0.25, 0.3) is 10.9 Å². The SMILES string of the molecule is Cc1ccc(S(=O)(=O)N2C[C@@H]2Cc2cn(C)c3ccccc23)cc1. The van der Waals surface area contributed by atoms with Gasteiger partial charge in [0.05, 0.1) is 4.90 Å². The van der Waals surface area contributed by atoms with E-state index in [1.807, 2.05) is 38.2 Å². The van der Waals surface area contributed by atoms with Crippen molar-refractivity contribution in [1.82, 2.24) is 8.87 Å². The predicted molar refractivity (Wildman–Crippen MR) is 95.5 cm³/mol. The molecule has 5 heteroatoms. The van der Waals surface area contributed by atoms with E-state index < -0.39 is 10.0 Å². The van der Waals surface area contributed by atoms with Crippen molar-refractivity contribution in [2.45, 2.75) is 24.3 Å². The highest BCUT2D eigenvalue weighted by molar-refractivity contribution is 7.89. The van der Waals surface area contributed by atoms with E-state index in [-0.39, 0.29) is 6.04 Å². The number of para-hydroxylation sites is 1. The van der Waals surface area contributed by atoms with Crippen molar-refractivity contribution in [2.24, 2.45) is 7.05 Å². The molecule has 1 saturated heterocycles. The lowest BCUT2D eigenvalue weighted by Gasteiger charge is -2.06. The van der Waals surface area contributed by atoms with Gasteiger partial charge in [-0.05, 0) is 37.1 Å². The van der Waals surface area contributed by atoms with Gasteiger partial charge in [-0.2, -0.15) is 4.31 Å². The van der Waals surface area contributed by atoms with Gasteiger partial charge in [-0.25, -0.2) is 8.42 Å². The quantitative estimate of drug-likeness (QED) is 0.685. The molecule has 4 rings (SSSR count). The van der Waals surface area contributed by atoms with E-state index in [1.165, 1.54) is 16.5 Å². The van der Waals surface area contributed by atoms with Crippen molar-refractivity contribution >= 4 is 20.9 Å². The topological polar surface area (TPSA) is 42.1 Å². The van der Waals surface area contributed by atoms with Gasteiger partial charge >= 0.3 is 0 Å². The summed E-state index contributed by atoms with van der Waals surface area (Å²) in [6.07, 6.45) is 2.87. The highest BCUT2D eigenvalue weighted by atomic mass is 32.2. The normalized spacial score (nSPS) is 20.4. The van der Waals surface area contributed by atoms with Crippen LogP contribution in [0.15, 0.2) is 59.6 Å². The minimum Gasteiger partial charge on any atom is -0.350 e. The maximum Gasteiger partial charge on any atom is 0.243 e. The van der Waals surface area contributed by atoms with E-state index in [9.17, 15) is 8.42 Å². The summed E-state index contributed by atoms with van der Waals surface area (Å²) in [4.78, 5) is 0.383. The second-order valence-corrected chi connectivity index (χ2v) is 8.42. The maximum absolute atomic E-state index is 12.7. The fourth-order valence-corrected chi connectivity index (χ4v) is 4.90. The monoisotopic (exact) mass is 340 g/mol. The van der Waals surface area contributed by atoms with Gasteiger partial charge in [0.15, 0.2) is 0 Å².